The number of hydrogen-bond donors (Lipinski definition) is 2. The van der Waals surface area contributed by atoms with Crippen molar-refractivity contribution in [3.63, 3.8) is 0 Å². The molecule has 1 aliphatic rings. The van der Waals surface area contributed by atoms with E-state index in [4.69, 9.17) is 5.73 Å². The molecule has 1 aliphatic heterocycles. The van der Waals surface area contributed by atoms with Crippen molar-refractivity contribution in [1.29, 1.82) is 0 Å². The molecule has 1 saturated heterocycles. The van der Waals surface area contributed by atoms with Gasteiger partial charge in [-0.15, -0.1) is 0 Å². The van der Waals surface area contributed by atoms with Crippen LogP contribution in [0, 0.1) is 12.8 Å². The lowest BCUT2D eigenvalue weighted by Gasteiger charge is -2.31. The molecule has 148 valence electrons. The van der Waals surface area contributed by atoms with Crippen LogP contribution in [0.25, 0.3) is 0 Å². The lowest BCUT2D eigenvalue weighted by Crippen LogP contribution is -2.43. The lowest BCUT2D eigenvalue weighted by molar-refractivity contribution is -0.120. The van der Waals surface area contributed by atoms with E-state index in [2.05, 4.69) is 5.32 Å². The van der Waals surface area contributed by atoms with Crippen molar-refractivity contribution >= 4 is 27.5 Å². The first-order chi connectivity index (χ1) is 13.3. The molecule has 8 heteroatoms. The highest BCUT2D eigenvalue weighted by Crippen LogP contribution is 2.25. The van der Waals surface area contributed by atoms with E-state index in [9.17, 15) is 18.0 Å². The van der Waals surface area contributed by atoms with Crippen molar-refractivity contribution in [3.05, 3.63) is 59.7 Å². The number of primary amides is 1. The third-order valence-electron chi connectivity index (χ3n) is 4.86. The number of hydrogen-bond acceptors (Lipinski definition) is 4. The maximum atomic E-state index is 12.9. The molecule has 2 aromatic rings. The molecule has 7 nitrogen and oxygen atoms in total. The van der Waals surface area contributed by atoms with Crippen molar-refractivity contribution in [2.24, 2.45) is 11.7 Å². The monoisotopic (exact) mass is 401 g/mol. The zero-order valence-electron chi connectivity index (χ0n) is 15.6. The molecule has 28 heavy (non-hydrogen) atoms. The third-order valence-corrected chi connectivity index (χ3v) is 6.74. The number of nitrogens with one attached hydrogen (secondary N) is 1. The Morgan fingerprint density at radius 3 is 2.46 bits per heavy atom. The summed E-state index contributed by atoms with van der Waals surface area (Å²) in [6, 6.07) is 13.1. The zero-order chi connectivity index (χ0) is 20.3. The van der Waals surface area contributed by atoms with E-state index >= 15 is 0 Å². The number of benzene rings is 2. The number of nitrogens with zero attached hydrogens (tertiary/aromatic N) is 1. The van der Waals surface area contributed by atoms with Crippen molar-refractivity contribution in [2.75, 3.05) is 18.4 Å². The van der Waals surface area contributed by atoms with Gasteiger partial charge in [0.15, 0.2) is 0 Å². The minimum absolute atomic E-state index is 0.0980. The number of carbonyl (C=O) groups excluding carboxylic acids is 2. The first-order valence-electron chi connectivity index (χ1n) is 9.05. The van der Waals surface area contributed by atoms with Crippen LogP contribution in [0.1, 0.15) is 28.8 Å². The summed E-state index contributed by atoms with van der Waals surface area (Å²) in [6.07, 6.45) is 1.16. The number of carbonyl (C=O) groups is 2. The van der Waals surface area contributed by atoms with Crippen LogP contribution in [0.15, 0.2) is 53.4 Å². The summed E-state index contributed by atoms with van der Waals surface area (Å²) >= 11 is 0. The van der Waals surface area contributed by atoms with Gasteiger partial charge in [-0.3, -0.25) is 9.59 Å². The zero-order valence-corrected chi connectivity index (χ0v) is 16.4. The van der Waals surface area contributed by atoms with Gasteiger partial charge in [-0.1, -0.05) is 29.8 Å². The van der Waals surface area contributed by atoms with Crippen LogP contribution in [0.2, 0.25) is 0 Å². The predicted molar refractivity (Wildman–Crippen MR) is 106 cm³/mol. The van der Waals surface area contributed by atoms with Crippen LogP contribution >= 0.6 is 0 Å². The molecule has 3 N–H and O–H groups in total. The maximum absolute atomic E-state index is 12.9. The number of aryl methyl sites for hydroxylation is 1. The summed E-state index contributed by atoms with van der Waals surface area (Å²) in [6.45, 7) is 2.36. The Kier molecular flexibility index (Phi) is 5.81. The lowest BCUT2D eigenvalue weighted by atomic mass is 9.98. The topological polar surface area (TPSA) is 110 Å². The number of nitrogens with two attached hydrogens (primary N) is 1. The quantitative estimate of drug-likeness (QED) is 0.800. The first kappa shape index (κ1) is 20.0. The van der Waals surface area contributed by atoms with Gasteiger partial charge in [-0.2, -0.15) is 4.31 Å². The summed E-state index contributed by atoms with van der Waals surface area (Å²) < 4.78 is 27.2. The largest absolute Gasteiger partial charge is 0.366 e. The smallest absolute Gasteiger partial charge is 0.250 e. The van der Waals surface area contributed by atoms with E-state index in [1.165, 1.54) is 10.4 Å². The Morgan fingerprint density at radius 2 is 1.79 bits per heavy atom. The summed E-state index contributed by atoms with van der Waals surface area (Å²) in [5.41, 5.74) is 6.87. The van der Waals surface area contributed by atoms with Crippen LogP contribution in [-0.4, -0.2) is 37.6 Å². The normalized spacial score (nSPS) is 17.8. The second-order valence-electron chi connectivity index (χ2n) is 6.91. The number of sulfonamides is 1. The highest BCUT2D eigenvalue weighted by molar-refractivity contribution is 7.89. The molecule has 0 saturated carbocycles. The Bertz CT molecular complexity index is 987. The molecule has 0 spiro atoms. The molecule has 1 fully saturated rings. The van der Waals surface area contributed by atoms with E-state index in [0.717, 1.165) is 5.56 Å². The van der Waals surface area contributed by atoms with Crippen LogP contribution in [0.5, 0.6) is 0 Å². The van der Waals surface area contributed by atoms with Gasteiger partial charge in [0.1, 0.15) is 0 Å². The van der Waals surface area contributed by atoms with Gasteiger partial charge < -0.3 is 11.1 Å². The fourth-order valence-corrected chi connectivity index (χ4v) is 4.80. The highest BCUT2D eigenvalue weighted by atomic mass is 32.2. The number of amides is 2. The Balaban J connectivity index is 1.75. The van der Waals surface area contributed by atoms with Gasteiger partial charge in [0.25, 0.3) is 5.91 Å². The first-order valence-corrected chi connectivity index (χ1v) is 10.5. The van der Waals surface area contributed by atoms with Crippen LogP contribution in [0.4, 0.5) is 5.69 Å². The molecule has 2 aromatic carbocycles. The molecule has 0 radical (unpaired) electrons. The average Bonchev–Trinajstić information content (AvgIpc) is 2.68. The van der Waals surface area contributed by atoms with E-state index in [1.54, 1.807) is 42.5 Å². The summed E-state index contributed by atoms with van der Waals surface area (Å²) in [5, 5.41) is 2.72. The second kappa shape index (κ2) is 8.12. The van der Waals surface area contributed by atoms with E-state index in [0.29, 0.717) is 25.1 Å². The molecule has 0 aliphatic carbocycles. The number of para-hydroxylation sites is 1. The van der Waals surface area contributed by atoms with Gasteiger partial charge in [-0.05, 0) is 44.0 Å². The number of anilines is 1. The summed E-state index contributed by atoms with van der Waals surface area (Å²) in [7, 11) is -3.66. The Morgan fingerprint density at radius 1 is 1.11 bits per heavy atom. The van der Waals surface area contributed by atoms with Crippen molar-refractivity contribution in [2.45, 2.75) is 24.7 Å². The van der Waals surface area contributed by atoms with Crippen LogP contribution in [0.3, 0.4) is 0 Å². The molecule has 1 heterocycles. The fraction of sp³-hybridized carbons (Fsp3) is 0.300. The van der Waals surface area contributed by atoms with Gasteiger partial charge in [0.05, 0.1) is 22.1 Å². The van der Waals surface area contributed by atoms with Gasteiger partial charge in [0, 0.05) is 13.1 Å². The molecule has 0 aromatic heterocycles. The number of piperidine rings is 1. The van der Waals surface area contributed by atoms with E-state index in [-0.39, 0.29) is 22.9 Å². The molecule has 3 rings (SSSR count). The van der Waals surface area contributed by atoms with E-state index in [1.807, 2.05) is 6.92 Å². The standard InChI is InChI=1S/C20H23N3O4S/c1-14-8-10-16(11-9-14)28(26,27)23-12-4-5-15(13-23)20(25)22-18-7-3-2-6-17(18)19(21)24/h2-3,6-11,15H,4-5,12-13H2,1H3,(H2,21,24)(H,22,25)/t15-/m1/s1. The van der Waals surface area contributed by atoms with Crippen LogP contribution in [-0.2, 0) is 14.8 Å². The number of rotatable bonds is 5. The maximum Gasteiger partial charge on any atom is 0.250 e. The minimum atomic E-state index is -3.66. The van der Waals surface area contributed by atoms with Gasteiger partial charge in [0.2, 0.25) is 15.9 Å². The SMILES string of the molecule is Cc1ccc(S(=O)(=O)N2CCC[C@@H](C(=O)Nc3ccccc3C(N)=O)C2)cc1. The molecule has 2 amide bonds. The molecular weight excluding hydrogens is 378 g/mol. The van der Waals surface area contributed by atoms with Crippen molar-refractivity contribution in [1.82, 2.24) is 4.31 Å². The van der Waals surface area contributed by atoms with E-state index < -0.39 is 21.8 Å². The summed E-state index contributed by atoms with van der Waals surface area (Å²) in [5.74, 6) is -1.46. The molecule has 0 unspecified atom stereocenters. The van der Waals surface area contributed by atoms with Crippen molar-refractivity contribution < 1.29 is 18.0 Å². The van der Waals surface area contributed by atoms with Crippen LogP contribution < -0.4 is 11.1 Å². The third kappa shape index (κ3) is 4.23. The second-order valence-corrected chi connectivity index (χ2v) is 8.85. The Hall–Kier alpha value is -2.71. The Labute approximate surface area is 164 Å². The molecule has 0 bridgehead atoms. The van der Waals surface area contributed by atoms with Crippen molar-refractivity contribution in [3.8, 4) is 0 Å². The molecular formula is C20H23N3O4S. The average molecular weight is 401 g/mol. The van der Waals surface area contributed by atoms with Gasteiger partial charge in [-0.25, -0.2) is 8.42 Å². The van der Waals surface area contributed by atoms with Gasteiger partial charge >= 0.3 is 0 Å². The minimum Gasteiger partial charge on any atom is -0.366 e. The predicted octanol–water partition coefficient (Wildman–Crippen LogP) is 2.13. The molecule has 1 atom stereocenters. The fourth-order valence-electron chi connectivity index (χ4n) is 3.28. The highest BCUT2D eigenvalue weighted by Gasteiger charge is 2.33. The summed E-state index contributed by atoms with van der Waals surface area (Å²) in [4.78, 5) is 24.5.